The van der Waals surface area contributed by atoms with Gasteiger partial charge in [-0.15, -0.1) is 0 Å². The van der Waals surface area contributed by atoms with Crippen molar-refractivity contribution >= 4 is 0 Å². The van der Waals surface area contributed by atoms with Gasteiger partial charge in [-0.1, -0.05) is 114 Å². The lowest BCUT2D eigenvalue weighted by atomic mass is 9.78. The van der Waals surface area contributed by atoms with Gasteiger partial charge in [0.05, 0.1) is 13.2 Å². The number of ether oxygens (including phenoxy) is 2. The molecule has 3 heterocycles. The molecule has 5 fully saturated rings. The Bertz CT molecular complexity index is 514. The largest absolute Gasteiger partial charge is 0.381 e. The van der Waals surface area contributed by atoms with Crippen molar-refractivity contribution in [3.05, 3.63) is 0 Å². The van der Waals surface area contributed by atoms with Gasteiger partial charge in [0.1, 0.15) is 0 Å². The molecule has 0 aromatic heterocycles. The van der Waals surface area contributed by atoms with Crippen molar-refractivity contribution in [3.8, 4) is 0 Å². The fourth-order valence-electron chi connectivity index (χ4n) is 5.96. The van der Waals surface area contributed by atoms with Crippen molar-refractivity contribution in [1.29, 1.82) is 0 Å². The molecule has 5 rings (SSSR count). The topological polar surface area (TPSA) is 21.7 Å². The molecule has 234 valence electrons. The third-order valence-corrected chi connectivity index (χ3v) is 10.3. The Balaban J connectivity index is 0.000000244. The molecule has 2 unspecified atom stereocenters. The van der Waals surface area contributed by atoms with E-state index in [4.69, 9.17) is 9.47 Å². The highest BCUT2D eigenvalue weighted by atomic mass is 16.5. The Morgan fingerprint density at radius 2 is 0.897 bits per heavy atom. The second-order valence-corrected chi connectivity index (χ2v) is 15.2. The second-order valence-electron chi connectivity index (χ2n) is 15.2. The van der Waals surface area contributed by atoms with Gasteiger partial charge in [0.25, 0.3) is 0 Å². The maximum Gasteiger partial charge on any atom is 0.0518 e. The molecule has 2 aliphatic carbocycles. The third kappa shape index (κ3) is 16.2. The van der Waals surface area contributed by atoms with Crippen LogP contribution in [0.25, 0.3) is 0 Å². The Morgan fingerprint density at radius 3 is 1.05 bits per heavy atom. The summed E-state index contributed by atoms with van der Waals surface area (Å²) in [6, 6.07) is 0. The van der Waals surface area contributed by atoms with E-state index in [1.54, 1.807) is 0 Å². The van der Waals surface area contributed by atoms with E-state index in [0.717, 1.165) is 85.6 Å². The van der Waals surface area contributed by atoms with Crippen LogP contribution in [-0.4, -0.2) is 51.5 Å². The number of hydrogen-bond donors (Lipinski definition) is 0. The molecule has 3 nitrogen and oxygen atoms in total. The summed E-state index contributed by atoms with van der Waals surface area (Å²) in [4.78, 5) is 2.42. The maximum atomic E-state index is 5.22. The van der Waals surface area contributed by atoms with Crippen LogP contribution in [0.1, 0.15) is 127 Å². The Labute approximate surface area is 246 Å². The molecule has 2 atom stereocenters. The fourth-order valence-corrected chi connectivity index (χ4v) is 5.96. The molecule has 0 aromatic rings. The van der Waals surface area contributed by atoms with E-state index in [-0.39, 0.29) is 0 Å². The van der Waals surface area contributed by atoms with Crippen molar-refractivity contribution < 1.29 is 9.47 Å². The minimum Gasteiger partial charge on any atom is -0.381 e. The van der Waals surface area contributed by atoms with Crippen LogP contribution in [0.3, 0.4) is 0 Å². The molecule has 39 heavy (non-hydrogen) atoms. The highest BCUT2D eigenvalue weighted by Gasteiger charge is 2.22. The van der Waals surface area contributed by atoms with Crippen LogP contribution in [0.2, 0.25) is 0 Å². The maximum absolute atomic E-state index is 5.22. The molecule has 5 aliphatic rings. The first-order valence-electron chi connectivity index (χ1n) is 17.3. The standard InChI is InChI=1S/C8H17N.C8H16.C7H14O.C7H14.C6H12O/c1-7(2)8-4-5-9(3)6-8;1-7(2)8-5-3-4-6-8;1-6(2)7-3-4-8-5-7;1-6(2)7-4-3-5-7;1-5(2)6-3-7-4-6/h7-8H,4-6H2,1-3H3;7-8H,3-6H2,1-2H3;6-7H,3-5H2,1-2H3;6-7H,3-5H2,1-2H3;5-6H,3-4H2,1-2H3. The van der Waals surface area contributed by atoms with Crippen molar-refractivity contribution in [2.24, 2.45) is 59.2 Å². The highest BCUT2D eigenvalue weighted by Crippen LogP contribution is 2.32. The van der Waals surface area contributed by atoms with Gasteiger partial charge in [-0.05, 0) is 79.7 Å². The minimum atomic E-state index is 0.817. The predicted octanol–water partition coefficient (Wildman–Crippen LogP) is 9.84. The van der Waals surface area contributed by atoms with Crippen molar-refractivity contribution in [2.45, 2.75) is 127 Å². The molecule has 3 aliphatic heterocycles. The molecular weight excluding hydrogens is 478 g/mol. The molecule has 3 saturated heterocycles. The first-order chi connectivity index (χ1) is 18.4. The van der Waals surface area contributed by atoms with Crippen LogP contribution in [0.4, 0.5) is 0 Å². The molecule has 0 spiro atoms. The van der Waals surface area contributed by atoms with E-state index in [1.807, 2.05) is 0 Å². The zero-order valence-corrected chi connectivity index (χ0v) is 28.6. The third-order valence-electron chi connectivity index (χ3n) is 10.3. The molecule has 0 radical (unpaired) electrons. The molecule has 2 saturated carbocycles. The lowest BCUT2D eigenvalue weighted by Gasteiger charge is -2.29. The Kier molecular flexibility index (Phi) is 19.6. The number of rotatable bonds is 5. The molecule has 0 bridgehead atoms. The second kappa shape index (κ2) is 20.7. The van der Waals surface area contributed by atoms with Crippen LogP contribution in [0, 0.1) is 59.2 Å². The van der Waals surface area contributed by atoms with Crippen LogP contribution in [0.5, 0.6) is 0 Å². The van der Waals surface area contributed by atoms with Gasteiger partial charge in [0.15, 0.2) is 0 Å². The number of likely N-dealkylation sites (tertiary alicyclic amines) is 1. The lowest BCUT2D eigenvalue weighted by molar-refractivity contribution is -0.0534. The van der Waals surface area contributed by atoms with Crippen LogP contribution >= 0.6 is 0 Å². The first-order valence-corrected chi connectivity index (χ1v) is 17.3. The molecule has 0 N–H and O–H groups in total. The summed E-state index contributed by atoms with van der Waals surface area (Å²) in [6.45, 7) is 29.6. The van der Waals surface area contributed by atoms with Crippen LogP contribution < -0.4 is 0 Å². The number of hydrogen-bond acceptors (Lipinski definition) is 3. The summed E-state index contributed by atoms with van der Waals surface area (Å²) in [5.74, 6) is 9.24. The normalized spacial score (nSPS) is 25.8. The molecule has 0 aromatic carbocycles. The van der Waals surface area contributed by atoms with Gasteiger partial charge in [0.2, 0.25) is 0 Å². The van der Waals surface area contributed by atoms with E-state index in [1.165, 1.54) is 70.9 Å². The zero-order valence-electron chi connectivity index (χ0n) is 28.6. The average Bonchev–Trinajstić information content (AvgIpc) is 3.55. The summed E-state index contributed by atoms with van der Waals surface area (Å²) >= 11 is 0. The van der Waals surface area contributed by atoms with E-state index in [9.17, 15) is 0 Å². The summed E-state index contributed by atoms with van der Waals surface area (Å²) in [5.41, 5.74) is 0. The zero-order chi connectivity index (χ0) is 29.4. The van der Waals surface area contributed by atoms with E-state index in [0.29, 0.717) is 0 Å². The van der Waals surface area contributed by atoms with Gasteiger partial charge >= 0.3 is 0 Å². The van der Waals surface area contributed by atoms with Crippen molar-refractivity contribution in [3.63, 3.8) is 0 Å². The first kappa shape index (κ1) is 36.9. The fraction of sp³-hybridized carbons (Fsp3) is 1.00. The van der Waals surface area contributed by atoms with E-state index >= 15 is 0 Å². The predicted molar refractivity (Wildman–Crippen MR) is 172 cm³/mol. The summed E-state index contributed by atoms with van der Waals surface area (Å²) < 4.78 is 10.2. The molecule has 0 amide bonds. The molecule has 3 heteroatoms. The minimum absolute atomic E-state index is 0.817. The van der Waals surface area contributed by atoms with Gasteiger partial charge in [0, 0.05) is 25.7 Å². The van der Waals surface area contributed by atoms with Gasteiger partial charge in [-0.25, -0.2) is 0 Å². The Morgan fingerprint density at radius 1 is 0.462 bits per heavy atom. The van der Waals surface area contributed by atoms with Gasteiger partial charge in [-0.2, -0.15) is 0 Å². The average molecular weight is 552 g/mol. The number of nitrogens with zero attached hydrogens (tertiary/aromatic N) is 1. The summed E-state index contributed by atoms with van der Waals surface area (Å²) in [7, 11) is 2.21. The summed E-state index contributed by atoms with van der Waals surface area (Å²) in [5, 5.41) is 0. The summed E-state index contributed by atoms with van der Waals surface area (Å²) in [6.07, 6.45) is 13.1. The quantitative estimate of drug-likeness (QED) is 0.339. The SMILES string of the molecule is CC(C)C1CCC1.CC(C)C1CCCC1.CC(C)C1CCN(C)C1.CC(C)C1CCOC1.CC(C)C1COC1. The van der Waals surface area contributed by atoms with Gasteiger partial charge in [-0.3, -0.25) is 0 Å². The van der Waals surface area contributed by atoms with Crippen molar-refractivity contribution in [1.82, 2.24) is 4.90 Å². The van der Waals surface area contributed by atoms with E-state index < -0.39 is 0 Å². The van der Waals surface area contributed by atoms with Crippen LogP contribution in [0.15, 0.2) is 0 Å². The lowest BCUT2D eigenvalue weighted by Crippen LogP contribution is -2.31. The molecular formula is C36H73NO2. The van der Waals surface area contributed by atoms with Gasteiger partial charge < -0.3 is 14.4 Å². The smallest absolute Gasteiger partial charge is 0.0518 e. The van der Waals surface area contributed by atoms with E-state index in [2.05, 4.69) is 81.2 Å². The van der Waals surface area contributed by atoms with Crippen LogP contribution in [-0.2, 0) is 9.47 Å². The van der Waals surface area contributed by atoms with Crippen molar-refractivity contribution in [2.75, 3.05) is 46.6 Å². The Hall–Kier alpha value is -0.120. The monoisotopic (exact) mass is 552 g/mol. The highest BCUT2D eigenvalue weighted by molar-refractivity contribution is 4.75.